The van der Waals surface area contributed by atoms with Gasteiger partial charge in [-0.2, -0.15) is 0 Å². The van der Waals surface area contributed by atoms with Gasteiger partial charge in [0.05, 0.1) is 0 Å². The Bertz CT molecular complexity index is 406. The third-order valence-electron chi connectivity index (χ3n) is 2.41. The number of pyridine rings is 1. The number of rotatable bonds is 3. The summed E-state index contributed by atoms with van der Waals surface area (Å²) in [5.74, 6) is 0. The summed E-state index contributed by atoms with van der Waals surface area (Å²) >= 11 is 0. The number of hydrogen-bond donors (Lipinski definition) is 1. The number of nitrogens with two attached hydrogens (primary N) is 1. The zero-order valence-corrected chi connectivity index (χ0v) is 11.0. The van der Waals surface area contributed by atoms with Crippen molar-refractivity contribution in [3.63, 3.8) is 0 Å². The molecule has 1 unspecified atom stereocenters. The first-order valence-corrected chi connectivity index (χ1v) is 5.05. The molecule has 0 bridgehead atoms. The van der Waals surface area contributed by atoms with Gasteiger partial charge in [-0.1, -0.05) is 36.4 Å². The molecule has 0 radical (unpaired) electrons. The number of aromatic nitrogens is 1. The number of hydrogen-bond acceptors (Lipinski definition) is 2. The molecule has 0 aliphatic rings. The van der Waals surface area contributed by atoms with Gasteiger partial charge in [0.2, 0.25) is 0 Å². The second kappa shape index (κ2) is 8.07. The largest absolute Gasteiger partial charge is 0.324 e. The molecule has 0 saturated carbocycles. The second-order valence-electron chi connectivity index (χ2n) is 3.58. The number of benzene rings is 1. The van der Waals surface area contributed by atoms with Gasteiger partial charge in [0.25, 0.3) is 0 Å². The van der Waals surface area contributed by atoms with Crippen molar-refractivity contribution in [2.24, 2.45) is 5.73 Å². The van der Waals surface area contributed by atoms with E-state index < -0.39 is 0 Å². The normalized spacial score (nSPS) is 10.9. The smallest absolute Gasteiger partial charge is 0.0336 e. The van der Waals surface area contributed by atoms with Crippen molar-refractivity contribution in [2.75, 3.05) is 0 Å². The van der Waals surface area contributed by atoms with E-state index in [0.29, 0.717) is 0 Å². The maximum absolute atomic E-state index is 6.10. The topological polar surface area (TPSA) is 38.9 Å². The van der Waals surface area contributed by atoms with Crippen LogP contribution in [0.5, 0.6) is 0 Å². The minimum atomic E-state index is 0. The predicted octanol–water partition coefficient (Wildman–Crippen LogP) is 3.17. The van der Waals surface area contributed by atoms with E-state index >= 15 is 0 Å². The van der Waals surface area contributed by atoms with E-state index in [0.717, 1.165) is 6.42 Å². The van der Waals surface area contributed by atoms with Gasteiger partial charge in [0, 0.05) is 18.4 Å². The van der Waals surface area contributed by atoms with E-state index in [4.69, 9.17) is 5.73 Å². The molecule has 0 amide bonds. The highest BCUT2D eigenvalue weighted by Gasteiger charge is 2.05. The standard InChI is InChI=1S/C13H14N2.2ClH/c14-13(12-6-2-1-3-7-12)9-11-5-4-8-15-10-11;;/h1-8,10,13H,9,14H2;2*1H. The molecular weight excluding hydrogens is 255 g/mol. The van der Waals surface area contributed by atoms with E-state index in [1.165, 1.54) is 11.1 Å². The quantitative estimate of drug-likeness (QED) is 0.931. The van der Waals surface area contributed by atoms with Crippen molar-refractivity contribution in [2.45, 2.75) is 12.5 Å². The SMILES string of the molecule is Cl.Cl.NC(Cc1cccnc1)c1ccccc1. The zero-order valence-electron chi connectivity index (χ0n) is 9.32. The lowest BCUT2D eigenvalue weighted by atomic mass is 10.0. The molecule has 0 fully saturated rings. The fourth-order valence-corrected chi connectivity index (χ4v) is 1.59. The molecule has 2 aromatic rings. The van der Waals surface area contributed by atoms with Crippen molar-refractivity contribution in [1.29, 1.82) is 0 Å². The minimum Gasteiger partial charge on any atom is -0.324 e. The monoisotopic (exact) mass is 270 g/mol. The van der Waals surface area contributed by atoms with Crippen molar-refractivity contribution < 1.29 is 0 Å². The highest BCUT2D eigenvalue weighted by Crippen LogP contribution is 2.14. The third-order valence-corrected chi connectivity index (χ3v) is 2.41. The van der Waals surface area contributed by atoms with Crippen LogP contribution in [0, 0.1) is 0 Å². The van der Waals surface area contributed by atoms with Crippen LogP contribution < -0.4 is 5.73 Å². The van der Waals surface area contributed by atoms with Crippen molar-refractivity contribution in [1.82, 2.24) is 4.98 Å². The molecule has 0 aliphatic carbocycles. The molecule has 92 valence electrons. The van der Waals surface area contributed by atoms with E-state index in [2.05, 4.69) is 23.2 Å². The second-order valence-corrected chi connectivity index (χ2v) is 3.58. The molecule has 0 saturated heterocycles. The fraction of sp³-hybridized carbons (Fsp3) is 0.154. The highest BCUT2D eigenvalue weighted by molar-refractivity contribution is 5.85. The molecular formula is C13H16Cl2N2. The molecule has 0 spiro atoms. The molecule has 0 aliphatic heterocycles. The molecule has 2 nitrogen and oxygen atoms in total. The predicted molar refractivity (Wildman–Crippen MR) is 75.8 cm³/mol. The third kappa shape index (κ3) is 4.73. The lowest BCUT2D eigenvalue weighted by Gasteiger charge is -2.11. The van der Waals surface area contributed by atoms with Crippen LogP contribution >= 0.6 is 24.8 Å². The van der Waals surface area contributed by atoms with Gasteiger partial charge >= 0.3 is 0 Å². The zero-order chi connectivity index (χ0) is 10.5. The Labute approximate surface area is 114 Å². The molecule has 1 aromatic carbocycles. The van der Waals surface area contributed by atoms with E-state index in [1.807, 2.05) is 30.5 Å². The summed E-state index contributed by atoms with van der Waals surface area (Å²) in [4.78, 5) is 4.08. The van der Waals surface area contributed by atoms with Crippen LogP contribution in [-0.4, -0.2) is 4.98 Å². The van der Waals surface area contributed by atoms with E-state index in [9.17, 15) is 0 Å². The summed E-state index contributed by atoms with van der Waals surface area (Å²) in [5.41, 5.74) is 8.44. The summed E-state index contributed by atoms with van der Waals surface area (Å²) in [5, 5.41) is 0. The highest BCUT2D eigenvalue weighted by atomic mass is 35.5. The summed E-state index contributed by atoms with van der Waals surface area (Å²) < 4.78 is 0. The molecule has 2 rings (SSSR count). The van der Waals surface area contributed by atoms with Gasteiger partial charge in [0.1, 0.15) is 0 Å². The van der Waals surface area contributed by atoms with Gasteiger partial charge in [0.15, 0.2) is 0 Å². The Kier molecular flexibility index (Phi) is 7.55. The van der Waals surface area contributed by atoms with E-state index in [1.54, 1.807) is 6.20 Å². The summed E-state index contributed by atoms with van der Waals surface area (Å²) in [6, 6.07) is 14.2. The summed E-state index contributed by atoms with van der Waals surface area (Å²) in [6.45, 7) is 0. The molecule has 1 aromatic heterocycles. The maximum Gasteiger partial charge on any atom is 0.0336 e. The lowest BCUT2D eigenvalue weighted by Crippen LogP contribution is -2.13. The summed E-state index contributed by atoms with van der Waals surface area (Å²) in [6.07, 6.45) is 4.47. The van der Waals surface area contributed by atoms with Crippen LogP contribution in [0.2, 0.25) is 0 Å². The molecule has 1 atom stereocenters. The van der Waals surface area contributed by atoms with Gasteiger partial charge < -0.3 is 5.73 Å². The first-order chi connectivity index (χ1) is 7.36. The fourth-order valence-electron chi connectivity index (χ4n) is 1.59. The van der Waals surface area contributed by atoms with Crippen molar-refractivity contribution in [3.8, 4) is 0 Å². The van der Waals surface area contributed by atoms with Gasteiger partial charge in [-0.3, -0.25) is 4.98 Å². The average molecular weight is 271 g/mol. The first kappa shape index (κ1) is 15.9. The summed E-state index contributed by atoms with van der Waals surface area (Å²) in [7, 11) is 0. The Morgan fingerprint density at radius 3 is 2.29 bits per heavy atom. The van der Waals surface area contributed by atoms with Crippen LogP contribution in [0.15, 0.2) is 54.9 Å². The van der Waals surface area contributed by atoms with E-state index in [-0.39, 0.29) is 30.9 Å². The molecule has 17 heavy (non-hydrogen) atoms. The Morgan fingerprint density at radius 1 is 1.00 bits per heavy atom. The Hall–Kier alpha value is -1.09. The van der Waals surface area contributed by atoms with Gasteiger partial charge in [-0.25, -0.2) is 0 Å². The van der Waals surface area contributed by atoms with Crippen molar-refractivity contribution in [3.05, 3.63) is 66.0 Å². The molecule has 4 heteroatoms. The first-order valence-electron chi connectivity index (χ1n) is 5.05. The Balaban J connectivity index is 0.00000128. The van der Waals surface area contributed by atoms with Gasteiger partial charge in [-0.05, 0) is 23.6 Å². The minimum absolute atomic E-state index is 0. The lowest BCUT2D eigenvalue weighted by molar-refractivity contribution is 0.720. The molecule has 2 N–H and O–H groups in total. The van der Waals surface area contributed by atoms with Crippen molar-refractivity contribution >= 4 is 24.8 Å². The van der Waals surface area contributed by atoms with Crippen LogP contribution in [0.25, 0.3) is 0 Å². The van der Waals surface area contributed by atoms with Crippen LogP contribution in [0.4, 0.5) is 0 Å². The van der Waals surface area contributed by atoms with Crippen LogP contribution in [0.1, 0.15) is 17.2 Å². The molecule has 1 heterocycles. The number of nitrogens with zero attached hydrogens (tertiary/aromatic N) is 1. The average Bonchev–Trinajstić information content (AvgIpc) is 2.31. The number of halogens is 2. The Morgan fingerprint density at radius 2 is 1.71 bits per heavy atom. The van der Waals surface area contributed by atoms with Gasteiger partial charge in [-0.15, -0.1) is 24.8 Å². The maximum atomic E-state index is 6.10. The van der Waals surface area contributed by atoms with Crippen LogP contribution in [-0.2, 0) is 6.42 Å². The van der Waals surface area contributed by atoms with Crippen LogP contribution in [0.3, 0.4) is 0 Å².